The molecule has 0 aromatic carbocycles. The Morgan fingerprint density at radius 1 is 1.50 bits per heavy atom. The zero-order chi connectivity index (χ0) is 14.5. The Balaban J connectivity index is 2.09. The van der Waals surface area contributed by atoms with Gasteiger partial charge in [-0.25, -0.2) is 0 Å². The topological polar surface area (TPSA) is 34.5 Å². The zero-order valence-corrected chi connectivity index (χ0v) is 13.6. The van der Waals surface area contributed by atoms with Crippen molar-refractivity contribution in [3.63, 3.8) is 0 Å². The van der Waals surface area contributed by atoms with Gasteiger partial charge in [0, 0.05) is 37.4 Å². The minimum absolute atomic E-state index is 0.108. The molecule has 0 spiro atoms. The molecular formula is C15H21BrN2O2. The van der Waals surface area contributed by atoms with Crippen LogP contribution in [0.15, 0.2) is 28.4 Å². The van der Waals surface area contributed by atoms with Crippen LogP contribution in [-0.4, -0.2) is 42.2 Å². The van der Waals surface area contributed by atoms with Gasteiger partial charge in [0.05, 0.1) is 6.61 Å². The molecule has 0 radical (unpaired) electrons. The lowest BCUT2D eigenvalue weighted by atomic mass is 10.1. The molecule has 4 nitrogen and oxygen atoms in total. The molecule has 1 aliphatic heterocycles. The van der Waals surface area contributed by atoms with Gasteiger partial charge in [-0.1, -0.05) is 13.0 Å². The SMILES string of the molecule is CCCn1cc(Br)cc1C(=O)N1CC=C(COC)CC1. The summed E-state index contributed by atoms with van der Waals surface area (Å²) >= 11 is 3.46. The number of ether oxygens (including phenoxy) is 1. The predicted octanol–water partition coefficient (Wildman–Crippen LogP) is 3.08. The number of nitrogens with zero attached hydrogens (tertiary/aromatic N) is 2. The molecule has 1 aromatic heterocycles. The molecule has 0 fully saturated rings. The summed E-state index contributed by atoms with van der Waals surface area (Å²) in [7, 11) is 1.70. The second kappa shape index (κ2) is 7.09. The average Bonchev–Trinajstić information content (AvgIpc) is 2.81. The van der Waals surface area contributed by atoms with Crippen molar-refractivity contribution in [3.05, 3.63) is 34.1 Å². The monoisotopic (exact) mass is 340 g/mol. The van der Waals surface area contributed by atoms with Crippen molar-refractivity contribution in [2.45, 2.75) is 26.3 Å². The van der Waals surface area contributed by atoms with Crippen molar-refractivity contribution in [2.24, 2.45) is 0 Å². The summed E-state index contributed by atoms with van der Waals surface area (Å²) in [5, 5.41) is 0. The summed E-state index contributed by atoms with van der Waals surface area (Å²) in [5.74, 6) is 0.108. The number of hydrogen-bond acceptors (Lipinski definition) is 2. The van der Waals surface area contributed by atoms with Gasteiger partial charge in [-0.15, -0.1) is 0 Å². The minimum Gasteiger partial charge on any atom is -0.380 e. The van der Waals surface area contributed by atoms with E-state index in [9.17, 15) is 4.79 Å². The highest BCUT2D eigenvalue weighted by molar-refractivity contribution is 9.10. The van der Waals surface area contributed by atoms with Crippen LogP contribution in [0, 0.1) is 0 Å². The minimum atomic E-state index is 0.108. The highest BCUT2D eigenvalue weighted by Gasteiger charge is 2.21. The van der Waals surface area contributed by atoms with E-state index in [4.69, 9.17) is 4.74 Å². The van der Waals surface area contributed by atoms with Crippen LogP contribution >= 0.6 is 15.9 Å². The molecule has 0 aliphatic carbocycles. The number of amides is 1. The second-order valence-corrected chi connectivity index (χ2v) is 5.95. The summed E-state index contributed by atoms with van der Waals surface area (Å²) < 4.78 is 8.12. The Hall–Kier alpha value is -1.07. The quantitative estimate of drug-likeness (QED) is 0.772. The summed E-state index contributed by atoms with van der Waals surface area (Å²) in [5.41, 5.74) is 2.05. The van der Waals surface area contributed by atoms with Crippen LogP contribution in [0.3, 0.4) is 0 Å². The molecule has 20 heavy (non-hydrogen) atoms. The fourth-order valence-corrected chi connectivity index (χ4v) is 2.92. The highest BCUT2D eigenvalue weighted by atomic mass is 79.9. The number of methoxy groups -OCH3 is 1. The van der Waals surface area contributed by atoms with Crippen molar-refractivity contribution in [1.29, 1.82) is 0 Å². The van der Waals surface area contributed by atoms with E-state index in [-0.39, 0.29) is 5.91 Å². The molecule has 1 aliphatic rings. The third-order valence-electron chi connectivity index (χ3n) is 3.47. The lowest BCUT2D eigenvalue weighted by Gasteiger charge is -2.26. The average molecular weight is 341 g/mol. The van der Waals surface area contributed by atoms with E-state index < -0.39 is 0 Å². The Bertz CT molecular complexity index is 508. The Labute approximate surface area is 128 Å². The van der Waals surface area contributed by atoms with Gasteiger partial charge in [-0.3, -0.25) is 4.79 Å². The fraction of sp³-hybridized carbons (Fsp3) is 0.533. The lowest BCUT2D eigenvalue weighted by molar-refractivity contribution is 0.0754. The standard InChI is InChI=1S/C15H21BrN2O2/c1-3-6-18-10-13(16)9-14(18)15(19)17-7-4-12(5-8-17)11-20-2/h4,9-10H,3,5-8,11H2,1-2H3. The maximum absolute atomic E-state index is 12.6. The molecule has 2 rings (SSSR count). The van der Waals surface area contributed by atoms with Crippen LogP contribution in [-0.2, 0) is 11.3 Å². The van der Waals surface area contributed by atoms with Crippen molar-refractivity contribution in [1.82, 2.24) is 9.47 Å². The normalized spacial score (nSPS) is 15.3. The molecular weight excluding hydrogens is 320 g/mol. The number of rotatable bonds is 5. The lowest BCUT2D eigenvalue weighted by Crippen LogP contribution is -2.36. The van der Waals surface area contributed by atoms with E-state index in [0.29, 0.717) is 13.2 Å². The molecule has 5 heteroatoms. The van der Waals surface area contributed by atoms with E-state index in [0.717, 1.165) is 36.1 Å². The largest absolute Gasteiger partial charge is 0.380 e. The van der Waals surface area contributed by atoms with Gasteiger partial charge in [0.15, 0.2) is 0 Å². The molecule has 0 unspecified atom stereocenters. The number of aryl methyl sites for hydroxylation is 1. The fourth-order valence-electron chi connectivity index (χ4n) is 2.45. The number of carbonyl (C=O) groups excluding carboxylic acids is 1. The van der Waals surface area contributed by atoms with E-state index in [1.807, 2.05) is 21.7 Å². The third-order valence-corrected chi connectivity index (χ3v) is 3.90. The van der Waals surface area contributed by atoms with Gasteiger partial charge in [-0.05, 0) is 40.4 Å². The molecule has 0 saturated carbocycles. The summed E-state index contributed by atoms with van der Waals surface area (Å²) in [4.78, 5) is 14.5. The van der Waals surface area contributed by atoms with Crippen molar-refractivity contribution < 1.29 is 9.53 Å². The molecule has 0 saturated heterocycles. The number of halogens is 1. The van der Waals surface area contributed by atoms with E-state index in [2.05, 4.69) is 28.9 Å². The van der Waals surface area contributed by atoms with Gasteiger partial charge >= 0.3 is 0 Å². The zero-order valence-electron chi connectivity index (χ0n) is 12.1. The molecule has 1 amide bonds. The smallest absolute Gasteiger partial charge is 0.270 e. The summed E-state index contributed by atoms with van der Waals surface area (Å²) in [6.07, 6.45) is 5.99. The van der Waals surface area contributed by atoms with E-state index in [1.165, 1.54) is 5.57 Å². The molecule has 2 heterocycles. The number of aromatic nitrogens is 1. The van der Waals surface area contributed by atoms with Crippen LogP contribution < -0.4 is 0 Å². The van der Waals surface area contributed by atoms with Crippen LogP contribution in [0.5, 0.6) is 0 Å². The van der Waals surface area contributed by atoms with Crippen molar-refractivity contribution in [2.75, 3.05) is 26.8 Å². The van der Waals surface area contributed by atoms with Gasteiger partial charge in [0.1, 0.15) is 5.69 Å². The van der Waals surface area contributed by atoms with Crippen molar-refractivity contribution in [3.8, 4) is 0 Å². The second-order valence-electron chi connectivity index (χ2n) is 5.03. The Kier molecular flexibility index (Phi) is 5.43. The van der Waals surface area contributed by atoms with Crippen LogP contribution in [0.25, 0.3) is 0 Å². The third kappa shape index (κ3) is 3.52. The van der Waals surface area contributed by atoms with Crippen LogP contribution in [0.2, 0.25) is 0 Å². The molecule has 1 aromatic rings. The maximum Gasteiger partial charge on any atom is 0.270 e. The van der Waals surface area contributed by atoms with Crippen LogP contribution in [0.1, 0.15) is 30.3 Å². The van der Waals surface area contributed by atoms with Gasteiger partial charge in [0.2, 0.25) is 0 Å². The first-order valence-corrected chi connectivity index (χ1v) is 7.76. The summed E-state index contributed by atoms with van der Waals surface area (Å²) in [6, 6.07) is 1.91. The molecule has 0 N–H and O–H groups in total. The first-order chi connectivity index (χ1) is 9.65. The van der Waals surface area contributed by atoms with E-state index in [1.54, 1.807) is 7.11 Å². The highest BCUT2D eigenvalue weighted by Crippen LogP contribution is 2.19. The number of hydrogen-bond donors (Lipinski definition) is 0. The molecule has 0 atom stereocenters. The maximum atomic E-state index is 12.6. The van der Waals surface area contributed by atoms with Gasteiger partial charge < -0.3 is 14.2 Å². The van der Waals surface area contributed by atoms with Crippen molar-refractivity contribution >= 4 is 21.8 Å². The first-order valence-electron chi connectivity index (χ1n) is 6.97. The Morgan fingerprint density at radius 3 is 2.90 bits per heavy atom. The summed E-state index contributed by atoms with van der Waals surface area (Å²) in [6.45, 7) is 5.09. The van der Waals surface area contributed by atoms with E-state index >= 15 is 0 Å². The van der Waals surface area contributed by atoms with Gasteiger partial charge in [-0.2, -0.15) is 0 Å². The number of carbonyl (C=O) groups is 1. The predicted molar refractivity (Wildman–Crippen MR) is 82.9 cm³/mol. The Morgan fingerprint density at radius 2 is 2.30 bits per heavy atom. The van der Waals surface area contributed by atoms with Crippen LogP contribution in [0.4, 0.5) is 0 Å². The molecule has 110 valence electrons. The van der Waals surface area contributed by atoms with Gasteiger partial charge in [0.25, 0.3) is 5.91 Å². The first kappa shape index (κ1) is 15.3. The molecule has 0 bridgehead atoms.